The van der Waals surface area contributed by atoms with Gasteiger partial charge in [0.2, 0.25) is 5.82 Å². The van der Waals surface area contributed by atoms with E-state index in [9.17, 15) is 14.4 Å². The molecule has 0 aliphatic heterocycles. The highest BCUT2D eigenvalue weighted by Crippen LogP contribution is 2.27. The molecule has 0 saturated heterocycles. The predicted octanol–water partition coefficient (Wildman–Crippen LogP) is -0.856. The van der Waals surface area contributed by atoms with Gasteiger partial charge in [0, 0.05) is 20.1 Å². The highest BCUT2D eigenvalue weighted by molar-refractivity contribution is 5.70. The number of anilines is 1. The Morgan fingerprint density at radius 2 is 2.05 bits per heavy atom. The molecule has 2 rings (SSSR count). The van der Waals surface area contributed by atoms with Gasteiger partial charge in [0.05, 0.1) is 5.92 Å². The topological polar surface area (TPSA) is 106 Å². The van der Waals surface area contributed by atoms with Gasteiger partial charge in [-0.2, -0.15) is 0 Å². The van der Waals surface area contributed by atoms with E-state index in [1.807, 2.05) is 0 Å². The van der Waals surface area contributed by atoms with E-state index in [4.69, 9.17) is 5.11 Å². The molecular formula is C11H16N4O4. The number of aliphatic carboxylic acids is 1. The first-order valence-corrected chi connectivity index (χ1v) is 6.04. The Bertz CT molecular complexity index is 618. The lowest BCUT2D eigenvalue weighted by Gasteiger charge is -2.13. The van der Waals surface area contributed by atoms with Gasteiger partial charge in [-0.15, -0.1) is 5.10 Å². The van der Waals surface area contributed by atoms with Crippen LogP contribution in [-0.2, 0) is 18.9 Å². The summed E-state index contributed by atoms with van der Waals surface area (Å²) in [6, 6.07) is -0.0983. The van der Waals surface area contributed by atoms with Crippen LogP contribution in [0.15, 0.2) is 9.59 Å². The van der Waals surface area contributed by atoms with Crippen molar-refractivity contribution in [2.45, 2.75) is 25.3 Å². The van der Waals surface area contributed by atoms with Crippen LogP contribution in [0.3, 0.4) is 0 Å². The largest absolute Gasteiger partial charge is 0.481 e. The van der Waals surface area contributed by atoms with E-state index in [1.165, 1.54) is 14.1 Å². The van der Waals surface area contributed by atoms with E-state index in [1.54, 1.807) is 0 Å². The van der Waals surface area contributed by atoms with Crippen molar-refractivity contribution in [3.05, 3.63) is 20.8 Å². The maximum absolute atomic E-state index is 11.9. The fourth-order valence-corrected chi connectivity index (χ4v) is 2.32. The van der Waals surface area contributed by atoms with Crippen molar-refractivity contribution in [2.75, 3.05) is 5.32 Å². The maximum atomic E-state index is 11.9. The second kappa shape index (κ2) is 4.87. The number of carbonyl (C=O) groups is 1. The number of aryl methyl sites for hydroxylation is 1. The summed E-state index contributed by atoms with van der Waals surface area (Å²) in [7, 11) is 2.84. The number of rotatable bonds is 3. The molecule has 8 heteroatoms. The minimum Gasteiger partial charge on any atom is -0.481 e. The Morgan fingerprint density at radius 1 is 1.37 bits per heavy atom. The fraction of sp³-hybridized carbons (Fsp3) is 0.636. The minimum atomic E-state index is -0.814. The third-order valence-corrected chi connectivity index (χ3v) is 3.44. The summed E-state index contributed by atoms with van der Waals surface area (Å²) in [5, 5.41) is 15.7. The first kappa shape index (κ1) is 13.3. The van der Waals surface area contributed by atoms with Gasteiger partial charge in [-0.1, -0.05) is 0 Å². The highest BCUT2D eigenvalue weighted by atomic mass is 16.4. The van der Waals surface area contributed by atoms with Crippen molar-refractivity contribution in [1.29, 1.82) is 0 Å². The fourth-order valence-electron chi connectivity index (χ4n) is 2.32. The molecule has 1 saturated carbocycles. The van der Waals surface area contributed by atoms with Crippen molar-refractivity contribution < 1.29 is 9.90 Å². The number of hydrogen-bond acceptors (Lipinski definition) is 5. The summed E-state index contributed by atoms with van der Waals surface area (Å²) >= 11 is 0. The third kappa shape index (κ3) is 2.51. The number of carboxylic acid groups (broad SMARTS) is 1. The smallest absolute Gasteiger partial charge is 0.346 e. The molecule has 2 atom stereocenters. The third-order valence-electron chi connectivity index (χ3n) is 3.44. The molecule has 104 valence electrons. The monoisotopic (exact) mass is 268 g/mol. The zero-order chi connectivity index (χ0) is 14.2. The second-order valence-corrected chi connectivity index (χ2v) is 4.81. The van der Waals surface area contributed by atoms with Crippen LogP contribution in [0.25, 0.3) is 0 Å². The Hall–Kier alpha value is -2.12. The van der Waals surface area contributed by atoms with Crippen molar-refractivity contribution in [2.24, 2.45) is 20.0 Å². The molecule has 0 spiro atoms. The molecule has 19 heavy (non-hydrogen) atoms. The number of aromatic nitrogens is 3. The van der Waals surface area contributed by atoms with Gasteiger partial charge < -0.3 is 10.4 Å². The lowest BCUT2D eigenvalue weighted by atomic mass is 10.1. The molecule has 1 heterocycles. The SMILES string of the molecule is Cn1nc(N[C@H]2CC[C@@H](C(=O)O)C2)c(=O)n(C)c1=O. The Balaban J connectivity index is 2.20. The van der Waals surface area contributed by atoms with Gasteiger partial charge in [-0.25, -0.2) is 9.48 Å². The Labute approximate surface area is 108 Å². The lowest BCUT2D eigenvalue weighted by Crippen LogP contribution is -2.41. The van der Waals surface area contributed by atoms with E-state index < -0.39 is 17.2 Å². The van der Waals surface area contributed by atoms with Crippen molar-refractivity contribution in [1.82, 2.24) is 14.3 Å². The standard InChI is InChI=1S/C11H16N4O4/c1-14-9(16)8(13-15(2)11(14)19)12-7-4-3-6(5-7)10(17)18/h6-7H,3-5H2,1-2H3,(H,12,13)(H,17,18)/t6-,7+/m1/s1. The highest BCUT2D eigenvalue weighted by Gasteiger charge is 2.30. The summed E-state index contributed by atoms with van der Waals surface area (Å²) in [5.74, 6) is -1.11. The quantitative estimate of drug-likeness (QED) is 0.739. The molecule has 1 aliphatic carbocycles. The van der Waals surface area contributed by atoms with Gasteiger partial charge in [-0.3, -0.25) is 14.2 Å². The number of carboxylic acids is 1. The molecule has 0 aromatic carbocycles. The zero-order valence-corrected chi connectivity index (χ0v) is 10.8. The van der Waals surface area contributed by atoms with Gasteiger partial charge in [0.1, 0.15) is 0 Å². The first-order valence-electron chi connectivity index (χ1n) is 6.04. The van der Waals surface area contributed by atoms with Crippen molar-refractivity contribution in [3.63, 3.8) is 0 Å². The molecule has 1 aromatic heterocycles. The average Bonchev–Trinajstić information content (AvgIpc) is 2.82. The summed E-state index contributed by atoms with van der Waals surface area (Å²) in [5.41, 5.74) is -0.993. The molecule has 8 nitrogen and oxygen atoms in total. The van der Waals surface area contributed by atoms with Crippen LogP contribution in [0.4, 0.5) is 5.82 Å². The summed E-state index contributed by atoms with van der Waals surface area (Å²) < 4.78 is 2.05. The van der Waals surface area contributed by atoms with Crippen molar-refractivity contribution in [3.8, 4) is 0 Å². The molecule has 0 bridgehead atoms. The van der Waals surface area contributed by atoms with Crippen LogP contribution in [0.2, 0.25) is 0 Å². The summed E-state index contributed by atoms with van der Waals surface area (Å²) in [6.07, 6.45) is 1.72. The molecule has 0 amide bonds. The van der Waals surface area contributed by atoms with E-state index >= 15 is 0 Å². The summed E-state index contributed by atoms with van der Waals surface area (Å²) in [6.45, 7) is 0. The summed E-state index contributed by atoms with van der Waals surface area (Å²) in [4.78, 5) is 34.2. The van der Waals surface area contributed by atoms with E-state index in [2.05, 4.69) is 10.4 Å². The first-order chi connectivity index (χ1) is 8.90. The van der Waals surface area contributed by atoms with E-state index in [0.29, 0.717) is 19.3 Å². The van der Waals surface area contributed by atoms with Gasteiger partial charge in [-0.05, 0) is 19.3 Å². The zero-order valence-electron chi connectivity index (χ0n) is 10.8. The molecule has 0 unspecified atom stereocenters. The van der Waals surface area contributed by atoms with Crippen LogP contribution in [0, 0.1) is 5.92 Å². The molecule has 1 aliphatic rings. The van der Waals surface area contributed by atoms with Gasteiger partial charge >= 0.3 is 11.7 Å². The van der Waals surface area contributed by atoms with Crippen LogP contribution in [-0.4, -0.2) is 31.5 Å². The average molecular weight is 268 g/mol. The lowest BCUT2D eigenvalue weighted by molar-refractivity contribution is -0.141. The maximum Gasteiger partial charge on any atom is 0.346 e. The van der Waals surface area contributed by atoms with Crippen LogP contribution < -0.4 is 16.6 Å². The predicted molar refractivity (Wildman–Crippen MR) is 67.1 cm³/mol. The van der Waals surface area contributed by atoms with Crippen LogP contribution >= 0.6 is 0 Å². The van der Waals surface area contributed by atoms with E-state index in [0.717, 1.165) is 9.25 Å². The number of nitrogens with zero attached hydrogens (tertiary/aromatic N) is 3. The number of nitrogens with one attached hydrogen (secondary N) is 1. The normalized spacial score (nSPS) is 22.4. The molecular weight excluding hydrogens is 252 g/mol. The van der Waals surface area contributed by atoms with Crippen molar-refractivity contribution >= 4 is 11.8 Å². The van der Waals surface area contributed by atoms with Crippen LogP contribution in [0.5, 0.6) is 0 Å². The molecule has 1 fully saturated rings. The van der Waals surface area contributed by atoms with Gasteiger partial charge in [0.15, 0.2) is 0 Å². The molecule has 2 N–H and O–H groups in total. The van der Waals surface area contributed by atoms with Crippen LogP contribution in [0.1, 0.15) is 19.3 Å². The Morgan fingerprint density at radius 3 is 2.63 bits per heavy atom. The molecule has 0 radical (unpaired) electrons. The van der Waals surface area contributed by atoms with E-state index in [-0.39, 0.29) is 17.8 Å². The minimum absolute atomic E-state index is 0.0839. The second-order valence-electron chi connectivity index (χ2n) is 4.81. The Kier molecular flexibility index (Phi) is 3.41. The van der Waals surface area contributed by atoms with Gasteiger partial charge in [0.25, 0.3) is 5.56 Å². The number of hydrogen-bond donors (Lipinski definition) is 2. The molecule has 1 aromatic rings.